The Kier molecular flexibility index (Phi) is 5.33. The van der Waals surface area contributed by atoms with Crippen LogP contribution in [-0.2, 0) is 20.7 Å². The molecule has 0 heterocycles. The molecule has 0 atom stereocenters. The van der Waals surface area contributed by atoms with E-state index in [4.69, 9.17) is 18.4 Å². The fraction of sp³-hybridized carbons (Fsp3) is 0.375. The van der Waals surface area contributed by atoms with Crippen molar-refractivity contribution in [2.75, 3.05) is 34.2 Å². The Labute approximate surface area is 136 Å². The molecule has 0 unspecified atom stereocenters. The number of benzene rings is 2. The second kappa shape index (κ2) is 7.06. The molecular formula is C16H20O6S. The summed E-state index contributed by atoms with van der Waals surface area (Å²) in [5, 5.41) is 1.80. The molecule has 7 heteroatoms. The molecule has 0 bridgehead atoms. The third-order valence-electron chi connectivity index (χ3n) is 3.40. The lowest BCUT2D eigenvalue weighted by Crippen LogP contribution is -2.06. The fourth-order valence-electron chi connectivity index (χ4n) is 2.38. The van der Waals surface area contributed by atoms with Gasteiger partial charge >= 0.3 is 0 Å². The van der Waals surface area contributed by atoms with Gasteiger partial charge < -0.3 is 14.2 Å². The molecule has 0 aliphatic rings. The lowest BCUT2D eigenvalue weighted by atomic mass is 10.0. The number of methoxy groups -OCH3 is 3. The summed E-state index contributed by atoms with van der Waals surface area (Å²) in [4.78, 5) is 0. The molecule has 0 amide bonds. The Morgan fingerprint density at radius 1 is 0.957 bits per heavy atom. The van der Waals surface area contributed by atoms with Crippen LogP contribution < -0.4 is 14.2 Å². The molecule has 0 fully saturated rings. The van der Waals surface area contributed by atoms with E-state index in [1.165, 1.54) is 0 Å². The van der Waals surface area contributed by atoms with E-state index < -0.39 is 10.1 Å². The minimum atomic E-state index is -3.43. The number of hydrogen-bond donors (Lipinski definition) is 0. The summed E-state index contributed by atoms with van der Waals surface area (Å²) in [6.45, 7) is 0.0972. The maximum Gasteiger partial charge on any atom is 0.264 e. The highest BCUT2D eigenvalue weighted by molar-refractivity contribution is 7.85. The maximum atomic E-state index is 11.0. The third kappa shape index (κ3) is 4.05. The van der Waals surface area contributed by atoms with Gasteiger partial charge in [-0.05, 0) is 29.5 Å². The molecule has 0 spiro atoms. The Morgan fingerprint density at radius 3 is 2.22 bits per heavy atom. The monoisotopic (exact) mass is 340 g/mol. The van der Waals surface area contributed by atoms with Crippen LogP contribution in [0.4, 0.5) is 0 Å². The van der Waals surface area contributed by atoms with Crippen LogP contribution in [0.2, 0.25) is 0 Å². The standard InChI is InChI=1S/C16H20O6S/c1-19-14-10-12-6-5-11(7-8-22-23(4,17)18)9-13(12)15(20-2)16(14)21-3/h5-6,9-10H,7-8H2,1-4H3. The molecule has 0 radical (unpaired) electrons. The number of rotatable bonds is 7. The van der Waals surface area contributed by atoms with E-state index >= 15 is 0 Å². The average molecular weight is 340 g/mol. The lowest BCUT2D eigenvalue weighted by molar-refractivity contribution is 0.325. The van der Waals surface area contributed by atoms with E-state index in [1.54, 1.807) is 21.3 Å². The fourth-order valence-corrected chi connectivity index (χ4v) is 2.77. The first-order chi connectivity index (χ1) is 10.9. The molecule has 2 rings (SSSR count). The van der Waals surface area contributed by atoms with Crippen LogP contribution in [0.3, 0.4) is 0 Å². The van der Waals surface area contributed by atoms with Crippen LogP contribution in [0.15, 0.2) is 24.3 Å². The molecule has 126 valence electrons. The van der Waals surface area contributed by atoms with Gasteiger partial charge in [0.2, 0.25) is 5.75 Å². The van der Waals surface area contributed by atoms with Gasteiger partial charge in [-0.25, -0.2) is 0 Å². The zero-order valence-corrected chi connectivity index (χ0v) is 14.4. The quantitative estimate of drug-likeness (QED) is 0.721. The summed E-state index contributed by atoms with van der Waals surface area (Å²) in [5.74, 6) is 1.68. The van der Waals surface area contributed by atoms with Crippen LogP contribution in [-0.4, -0.2) is 42.6 Å². The number of ether oxygens (including phenoxy) is 3. The minimum Gasteiger partial charge on any atom is -0.493 e. The van der Waals surface area contributed by atoms with Crippen molar-refractivity contribution in [3.05, 3.63) is 29.8 Å². The highest BCUT2D eigenvalue weighted by Crippen LogP contribution is 2.43. The normalized spacial score (nSPS) is 11.5. The van der Waals surface area contributed by atoms with Crippen molar-refractivity contribution in [2.24, 2.45) is 0 Å². The van der Waals surface area contributed by atoms with Crippen LogP contribution >= 0.6 is 0 Å². The molecule has 0 N–H and O–H groups in total. The van der Waals surface area contributed by atoms with Gasteiger partial charge in [-0.15, -0.1) is 0 Å². The zero-order valence-electron chi connectivity index (χ0n) is 13.6. The number of hydrogen-bond acceptors (Lipinski definition) is 6. The second-order valence-corrected chi connectivity index (χ2v) is 6.62. The van der Waals surface area contributed by atoms with Crippen molar-refractivity contribution in [2.45, 2.75) is 6.42 Å². The van der Waals surface area contributed by atoms with Gasteiger partial charge in [0, 0.05) is 5.39 Å². The summed E-state index contributed by atoms with van der Waals surface area (Å²) in [5.41, 5.74) is 0.937. The van der Waals surface area contributed by atoms with Crippen LogP contribution in [0.5, 0.6) is 17.2 Å². The minimum absolute atomic E-state index is 0.0972. The van der Waals surface area contributed by atoms with Crippen molar-refractivity contribution in [1.82, 2.24) is 0 Å². The largest absolute Gasteiger partial charge is 0.493 e. The molecule has 0 saturated heterocycles. The van der Waals surface area contributed by atoms with E-state index in [-0.39, 0.29) is 6.61 Å². The topological polar surface area (TPSA) is 71.1 Å². The van der Waals surface area contributed by atoms with Crippen molar-refractivity contribution >= 4 is 20.9 Å². The Bertz CT molecular complexity index is 798. The summed E-state index contributed by atoms with van der Waals surface area (Å²) in [6.07, 6.45) is 1.51. The first-order valence-electron chi connectivity index (χ1n) is 6.95. The van der Waals surface area contributed by atoms with Gasteiger partial charge in [0.1, 0.15) is 0 Å². The van der Waals surface area contributed by atoms with Crippen LogP contribution in [0.1, 0.15) is 5.56 Å². The second-order valence-electron chi connectivity index (χ2n) is 4.98. The maximum absolute atomic E-state index is 11.0. The Morgan fingerprint density at radius 2 is 1.65 bits per heavy atom. The average Bonchev–Trinajstić information content (AvgIpc) is 2.51. The lowest BCUT2D eigenvalue weighted by Gasteiger charge is -2.15. The van der Waals surface area contributed by atoms with Crippen molar-refractivity contribution in [3.8, 4) is 17.2 Å². The molecule has 2 aromatic carbocycles. The van der Waals surface area contributed by atoms with Crippen molar-refractivity contribution in [3.63, 3.8) is 0 Å². The first-order valence-corrected chi connectivity index (χ1v) is 8.77. The Hall–Kier alpha value is -1.99. The molecule has 0 aliphatic carbocycles. The zero-order chi connectivity index (χ0) is 17.0. The van der Waals surface area contributed by atoms with E-state index in [1.807, 2.05) is 24.3 Å². The summed E-state index contributed by atoms with van der Waals surface area (Å²) >= 11 is 0. The molecular weight excluding hydrogens is 320 g/mol. The van der Waals surface area contributed by atoms with Crippen molar-refractivity contribution in [1.29, 1.82) is 0 Å². The highest BCUT2D eigenvalue weighted by atomic mass is 32.2. The Balaban J connectivity index is 2.41. The molecule has 2 aromatic rings. The predicted octanol–water partition coefficient (Wildman–Crippen LogP) is 2.38. The molecule has 6 nitrogen and oxygen atoms in total. The summed E-state index contributed by atoms with van der Waals surface area (Å²) in [6, 6.07) is 7.64. The van der Waals surface area contributed by atoms with E-state index in [2.05, 4.69) is 0 Å². The van der Waals surface area contributed by atoms with Crippen molar-refractivity contribution < 1.29 is 26.8 Å². The van der Waals surface area contributed by atoms with Gasteiger partial charge in [0.05, 0.1) is 34.2 Å². The molecule has 23 heavy (non-hydrogen) atoms. The smallest absolute Gasteiger partial charge is 0.264 e. The van der Waals surface area contributed by atoms with Gasteiger partial charge in [-0.3, -0.25) is 4.18 Å². The summed E-state index contributed by atoms with van der Waals surface area (Å²) < 4.78 is 43.0. The predicted molar refractivity (Wildman–Crippen MR) is 88.1 cm³/mol. The molecule has 0 saturated carbocycles. The summed E-state index contributed by atoms with van der Waals surface area (Å²) in [7, 11) is 1.26. The van der Waals surface area contributed by atoms with Gasteiger partial charge in [0.15, 0.2) is 11.5 Å². The van der Waals surface area contributed by atoms with Gasteiger partial charge in [0.25, 0.3) is 10.1 Å². The van der Waals surface area contributed by atoms with E-state index in [0.29, 0.717) is 23.7 Å². The van der Waals surface area contributed by atoms with Gasteiger partial charge in [-0.1, -0.05) is 12.1 Å². The number of fused-ring (bicyclic) bond motifs is 1. The SMILES string of the molecule is COc1cc2ccc(CCOS(C)(=O)=O)cc2c(OC)c1OC. The van der Waals surface area contributed by atoms with Crippen LogP contribution in [0, 0.1) is 0 Å². The van der Waals surface area contributed by atoms with Crippen LogP contribution in [0.25, 0.3) is 10.8 Å². The molecule has 0 aromatic heterocycles. The van der Waals surface area contributed by atoms with E-state index in [9.17, 15) is 8.42 Å². The van der Waals surface area contributed by atoms with Gasteiger partial charge in [-0.2, -0.15) is 8.42 Å². The van der Waals surface area contributed by atoms with E-state index in [0.717, 1.165) is 22.6 Å². The third-order valence-corrected chi connectivity index (χ3v) is 3.99. The highest BCUT2D eigenvalue weighted by Gasteiger charge is 2.16. The molecule has 0 aliphatic heterocycles. The first kappa shape index (κ1) is 17.4.